The van der Waals surface area contributed by atoms with Crippen molar-refractivity contribution in [3.63, 3.8) is 0 Å². The molecule has 1 aromatic heterocycles. The monoisotopic (exact) mass is 410 g/mol. The highest BCUT2D eigenvalue weighted by molar-refractivity contribution is 6.07. The van der Waals surface area contributed by atoms with Gasteiger partial charge in [-0.3, -0.25) is 14.5 Å². The van der Waals surface area contributed by atoms with Crippen molar-refractivity contribution >= 4 is 22.7 Å². The van der Waals surface area contributed by atoms with Crippen molar-refractivity contribution in [2.75, 3.05) is 26.2 Å². The number of aromatic nitrogens is 1. The largest absolute Gasteiger partial charge is 0.352 e. The summed E-state index contributed by atoms with van der Waals surface area (Å²) in [7, 11) is 1.98. The van der Waals surface area contributed by atoms with Crippen LogP contribution in [0.1, 0.15) is 49.5 Å². The molecule has 1 saturated heterocycles. The molecule has 2 aromatic rings. The van der Waals surface area contributed by atoms with Crippen LogP contribution in [0.2, 0.25) is 0 Å². The van der Waals surface area contributed by atoms with Crippen LogP contribution in [0, 0.1) is 18.3 Å². The number of carbonyl (C=O) groups excluding carboxylic acids is 2. The normalized spacial score (nSPS) is 18.8. The molecule has 1 aromatic carbocycles. The first-order valence-electron chi connectivity index (χ1n) is 10.9. The maximum Gasteiger partial charge on any atom is 0.253 e. The van der Waals surface area contributed by atoms with Crippen LogP contribution in [0.3, 0.4) is 0 Å². The molecule has 1 aliphatic carbocycles. The fourth-order valence-corrected chi connectivity index (χ4v) is 5.26. The fraction of sp³-hybridized carbons (Fsp3) is 0.583. The van der Waals surface area contributed by atoms with Gasteiger partial charge in [0.25, 0.3) is 5.91 Å². The molecule has 1 saturated carbocycles. The van der Waals surface area contributed by atoms with E-state index >= 15 is 0 Å². The number of hydrogen-bond acceptors (Lipinski definition) is 3. The molecule has 2 heterocycles. The van der Waals surface area contributed by atoms with Crippen molar-refractivity contribution in [3.8, 4) is 0 Å². The van der Waals surface area contributed by atoms with E-state index in [-0.39, 0.29) is 17.4 Å². The smallest absolute Gasteiger partial charge is 0.253 e. The van der Waals surface area contributed by atoms with Gasteiger partial charge in [0, 0.05) is 49.3 Å². The molecule has 30 heavy (non-hydrogen) atoms. The van der Waals surface area contributed by atoms with E-state index in [1.54, 1.807) is 0 Å². The molecule has 2 N–H and O–H groups in total. The van der Waals surface area contributed by atoms with E-state index in [4.69, 9.17) is 0 Å². The first-order valence-corrected chi connectivity index (χ1v) is 10.9. The number of benzene rings is 1. The molecule has 6 nitrogen and oxygen atoms in total. The Hall–Kier alpha value is -2.34. The van der Waals surface area contributed by atoms with Gasteiger partial charge < -0.3 is 15.2 Å². The summed E-state index contributed by atoms with van der Waals surface area (Å²) in [5.74, 6) is 0.656. The van der Waals surface area contributed by atoms with Crippen LogP contribution in [-0.2, 0) is 11.8 Å². The fourth-order valence-electron chi connectivity index (χ4n) is 5.26. The molecule has 0 atom stereocenters. The van der Waals surface area contributed by atoms with Crippen molar-refractivity contribution in [1.29, 1.82) is 0 Å². The first-order chi connectivity index (χ1) is 14.0. The third-order valence-electron chi connectivity index (χ3n) is 6.38. The summed E-state index contributed by atoms with van der Waals surface area (Å²) in [6.07, 6.45) is 4.20. The lowest BCUT2D eigenvalue weighted by Gasteiger charge is -2.59. The van der Waals surface area contributed by atoms with Gasteiger partial charge in [0.2, 0.25) is 5.91 Å². The van der Waals surface area contributed by atoms with Gasteiger partial charge in [0.05, 0.1) is 12.1 Å². The Morgan fingerprint density at radius 3 is 2.57 bits per heavy atom. The average molecular weight is 411 g/mol. The second kappa shape index (κ2) is 7.41. The summed E-state index contributed by atoms with van der Waals surface area (Å²) in [5, 5.41) is 7.19. The van der Waals surface area contributed by atoms with Crippen LogP contribution in [0.5, 0.6) is 0 Å². The van der Waals surface area contributed by atoms with E-state index in [1.807, 2.05) is 38.6 Å². The number of fused-ring (bicyclic) bond motifs is 1. The van der Waals surface area contributed by atoms with Gasteiger partial charge >= 0.3 is 0 Å². The number of nitrogens with one attached hydrogen (secondary N) is 2. The van der Waals surface area contributed by atoms with Crippen molar-refractivity contribution in [2.45, 2.75) is 46.1 Å². The van der Waals surface area contributed by atoms with E-state index in [0.29, 0.717) is 17.9 Å². The molecule has 6 heteroatoms. The zero-order chi connectivity index (χ0) is 21.7. The lowest BCUT2D eigenvalue weighted by Crippen LogP contribution is -2.64. The van der Waals surface area contributed by atoms with Crippen molar-refractivity contribution in [1.82, 2.24) is 20.1 Å². The topological polar surface area (TPSA) is 66.4 Å². The molecule has 1 spiro atoms. The molecule has 0 radical (unpaired) electrons. The van der Waals surface area contributed by atoms with Gasteiger partial charge in [-0.1, -0.05) is 11.6 Å². The van der Waals surface area contributed by atoms with Gasteiger partial charge in [0.1, 0.15) is 0 Å². The summed E-state index contributed by atoms with van der Waals surface area (Å²) in [6, 6.07) is 6.23. The zero-order valence-corrected chi connectivity index (χ0v) is 18.8. The Morgan fingerprint density at radius 2 is 1.90 bits per heavy atom. The Kier molecular flexibility index (Phi) is 5.17. The Morgan fingerprint density at radius 1 is 1.20 bits per heavy atom. The van der Waals surface area contributed by atoms with E-state index in [0.717, 1.165) is 54.5 Å². The van der Waals surface area contributed by atoms with Gasteiger partial charge in [-0.05, 0) is 64.0 Å². The number of rotatable bonds is 5. The third-order valence-corrected chi connectivity index (χ3v) is 6.38. The van der Waals surface area contributed by atoms with Crippen LogP contribution in [-0.4, -0.2) is 53.0 Å². The quantitative estimate of drug-likeness (QED) is 0.797. The highest BCUT2D eigenvalue weighted by atomic mass is 16.2. The Balaban J connectivity index is 1.23. The Labute approximate surface area is 179 Å². The summed E-state index contributed by atoms with van der Waals surface area (Å²) in [5.41, 5.74) is 3.19. The summed E-state index contributed by atoms with van der Waals surface area (Å²) >= 11 is 0. The summed E-state index contributed by atoms with van der Waals surface area (Å²) < 4.78 is 2.01. The second-order valence-corrected chi connectivity index (χ2v) is 10.6. The molecular formula is C24H34N4O2. The second-order valence-electron chi connectivity index (χ2n) is 10.6. The Bertz CT molecular complexity index is 971. The lowest BCUT2D eigenvalue weighted by atomic mass is 9.57. The number of carbonyl (C=O) groups is 2. The predicted octanol–water partition coefficient (Wildman–Crippen LogP) is 2.84. The molecular weight excluding hydrogens is 376 g/mol. The SMILES string of the molecule is Cc1ccc2c(c1)c(C(=O)NCC1CC3(C1)CN(CC(=O)NC(C)(C)C)C3)cn2C. The van der Waals surface area contributed by atoms with Gasteiger partial charge in [-0.15, -0.1) is 0 Å². The van der Waals surface area contributed by atoms with E-state index < -0.39 is 0 Å². The molecule has 0 bridgehead atoms. The maximum atomic E-state index is 12.8. The minimum absolute atomic E-state index is 0.0150. The number of likely N-dealkylation sites (tertiary alicyclic amines) is 1. The van der Waals surface area contributed by atoms with Crippen molar-refractivity contribution < 1.29 is 9.59 Å². The van der Waals surface area contributed by atoms with Gasteiger partial charge in [-0.2, -0.15) is 0 Å². The number of hydrogen-bond donors (Lipinski definition) is 2. The maximum absolute atomic E-state index is 12.8. The summed E-state index contributed by atoms with van der Waals surface area (Å²) in [4.78, 5) is 27.1. The molecule has 4 rings (SSSR count). The molecule has 2 fully saturated rings. The van der Waals surface area contributed by atoms with E-state index in [9.17, 15) is 9.59 Å². The van der Waals surface area contributed by atoms with Crippen molar-refractivity contribution in [3.05, 3.63) is 35.5 Å². The number of aryl methyl sites for hydroxylation is 2. The number of amides is 2. The molecule has 1 aliphatic heterocycles. The van der Waals surface area contributed by atoms with Crippen LogP contribution < -0.4 is 10.6 Å². The molecule has 0 unspecified atom stereocenters. The number of nitrogens with zero attached hydrogens (tertiary/aromatic N) is 2. The summed E-state index contributed by atoms with van der Waals surface area (Å²) in [6.45, 7) is 11.3. The third kappa shape index (κ3) is 4.24. The minimum atomic E-state index is -0.178. The van der Waals surface area contributed by atoms with Crippen LogP contribution in [0.4, 0.5) is 0 Å². The highest BCUT2D eigenvalue weighted by Crippen LogP contribution is 2.51. The standard InChI is InChI=1S/C24H34N4O2/c1-16-6-7-20-18(8-16)19(12-27(20)5)22(30)25-11-17-9-24(10-17)14-28(15-24)13-21(29)26-23(2,3)4/h6-8,12,17H,9-11,13-15H2,1-5H3,(H,25,30)(H,26,29). The average Bonchev–Trinajstić information content (AvgIpc) is 2.89. The predicted molar refractivity (Wildman–Crippen MR) is 119 cm³/mol. The van der Waals surface area contributed by atoms with Gasteiger partial charge in [-0.25, -0.2) is 0 Å². The lowest BCUT2D eigenvalue weighted by molar-refractivity contribution is -0.133. The zero-order valence-electron chi connectivity index (χ0n) is 18.8. The first kappa shape index (κ1) is 20.9. The molecule has 2 aliphatic rings. The molecule has 2 amide bonds. The van der Waals surface area contributed by atoms with Crippen LogP contribution in [0.15, 0.2) is 24.4 Å². The van der Waals surface area contributed by atoms with E-state index in [1.165, 1.54) is 0 Å². The molecule has 162 valence electrons. The van der Waals surface area contributed by atoms with E-state index in [2.05, 4.69) is 40.7 Å². The minimum Gasteiger partial charge on any atom is -0.352 e. The van der Waals surface area contributed by atoms with Gasteiger partial charge in [0.15, 0.2) is 0 Å². The highest BCUT2D eigenvalue weighted by Gasteiger charge is 2.52. The van der Waals surface area contributed by atoms with Crippen molar-refractivity contribution in [2.24, 2.45) is 18.4 Å². The van der Waals surface area contributed by atoms with Crippen LogP contribution >= 0.6 is 0 Å². The van der Waals surface area contributed by atoms with Crippen LogP contribution in [0.25, 0.3) is 10.9 Å².